The van der Waals surface area contributed by atoms with E-state index in [1.165, 1.54) is 11.5 Å². The highest BCUT2D eigenvalue weighted by molar-refractivity contribution is 5.90. The van der Waals surface area contributed by atoms with Crippen LogP contribution in [-0.4, -0.2) is 17.5 Å². The molecule has 0 radical (unpaired) electrons. The van der Waals surface area contributed by atoms with Crippen LogP contribution in [0.2, 0.25) is 0 Å². The first kappa shape index (κ1) is 17.9. The van der Waals surface area contributed by atoms with Gasteiger partial charge in [0, 0.05) is 11.8 Å². The van der Waals surface area contributed by atoms with Crippen LogP contribution in [0.25, 0.3) is 16.6 Å². The van der Waals surface area contributed by atoms with Crippen LogP contribution in [-0.2, 0) is 4.74 Å². The molecule has 1 saturated carbocycles. The van der Waals surface area contributed by atoms with E-state index in [-0.39, 0.29) is 11.5 Å². The molecule has 3 aromatic rings. The van der Waals surface area contributed by atoms with Gasteiger partial charge in [0.15, 0.2) is 0 Å². The lowest BCUT2D eigenvalue weighted by molar-refractivity contribution is 0.0598. The fraction of sp³-hybridized carbons (Fsp3) is 0.227. The molecule has 140 valence electrons. The number of carbonyl (C=O) groups is 1. The lowest BCUT2D eigenvalue weighted by Gasteiger charge is -2.16. The Kier molecular flexibility index (Phi) is 4.23. The van der Waals surface area contributed by atoms with E-state index in [1.54, 1.807) is 37.3 Å². The summed E-state index contributed by atoms with van der Waals surface area (Å²) in [4.78, 5) is 24.9. The highest BCUT2D eigenvalue weighted by Crippen LogP contribution is 2.43. The Morgan fingerprint density at radius 2 is 1.96 bits per heavy atom. The van der Waals surface area contributed by atoms with Crippen molar-refractivity contribution >= 4 is 11.5 Å². The second kappa shape index (κ2) is 6.61. The summed E-state index contributed by atoms with van der Waals surface area (Å²) >= 11 is 0. The summed E-state index contributed by atoms with van der Waals surface area (Å²) in [5.41, 5.74) is 2.92. The van der Waals surface area contributed by atoms with Crippen molar-refractivity contribution in [2.75, 3.05) is 7.11 Å². The molecule has 1 aliphatic carbocycles. The number of esters is 1. The zero-order valence-electron chi connectivity index (χ0n) is 15.5. The average Bonchev–Trinajstić information content (AvgIpc) is 3.54. The molecule has 2 aromatic heterocycles. The molecule has 0 saturated heterocycles. The standard InChI is InChI=1S/C22H17FN2O3/c1-12-19(15-5-3-13(10-24)4-6-15)18(23)11-25-20(12)16(14-7-8-14)9-17(21(25)26)22(27)28-2/h3-6,9,11,14H,7-8H2,1-2H3. The first-order valence-corrected chi connectivity index (χ1v) is 8.93. The number of fused-ring (bicyclic) bond motifs is 1. The number of aryl methyl sites for hydroxylation is 1. The Morgan fingerprint density at radius 3 is 2.54 bits per heavy atom. The first-order chi connectivity index (χ1) is 13.5. The summed E-state index contributed by atoms with van der Waals surface area (Å²) in [6.45, 7) is 1.77. The number of benzene rings is 1. The van der Waals surface area contributed by atoms with E-state index >= 15 is 4.39 Å². The molecule has 0 spiro atoms. The van der Waals surface area contributed by atoms with Gasteiger partial charge in [0.1, 0.15) is 11.4 Å². The topological polar surface area (TPSA) is 71.6 Å². The number of nitriles is 1. The van der Waals surface area contributed by atoms with Crippen molar-refractivity contribution in [3.05, 3.63) is 75.0 Å². The molecule has 0 atom stereocenters. The van der Waals surface area contributed by atoms with Crippen molar-refractivity contribution in [1.82, 2.24) is 4.40 Å². The van der Waals surface area contributed by atoms with Crippen LogP contribution in [0.5, 0.6) is 0 Å². The number of halogens is 1. The minimum absolute atomic E-state index is 0.0909. The average molecular weight is 376 g/mol. The number of ether oxygens (including phenoxy) is 1. The van der Waals surface area contributed by atoms with Crippen molar-refractivity contribution in [2.45, 2.75) is 25.7 Å². The third-order valence-corrected chi connectivity index (χ3v) is 5.20. The Hall–Kier alpha value is -3.46. The Labute approximate surface area is 160 Å². The predicted molar refractivity (Wildman–Crippen MR) is 102 cm³/mol. The van der Waals surface area contributed by atoms with Gasteiger partial charge in [-0.25, -0.2) is 9.18 Å². The second-order valence-electron chi connectivity index (χ2n) is 6.97. The zero-order valence-corrected chi connectivity index (χ0v) is 15.5. The molecule has 6 heteroatoms. The lowest BCUT2D eigenvalue weighted by Crippen LogP contribution is -2.25. The zero-order chi connectivity index (χ0) is 20.0. The molecule has 1 aromatic carbocycles. The number of nitrogens with zero attached hydrogens (tertiary/aromatic N) is 2. The van der Waals surface area contributed by atoms with Crippen molar-refractivity contribution < 1.29 is 13.9 Å². The van der Waals surface area contributed by atoms with Gasteiger partial charge in [0.2, 0.25) is 0 Å². The third kappa shape index (κ3) is 2.76. The molecule has 5 nitrogen and oxygen atoms in total. The molecule has 1 fully saturated rings. The number of aromatic nitrogens is 1. The molecule has 0 bridgehead atoms. The van der Waals surface area contributed by atoms with Crippen molar-refractivity contribution in [1.29, 1.82) is 5.26 Å². The fourth-order valence-corrected chi connectivity index (χ4v) is 3.68. The maximum absolute atomic E-state index is 15.1. The SMILES string of the molecule is COC(=O)c1cc(C2CC2)c2c(C)c(-c3ccc(C#N)cc3)c(F)cn2c1=O. The van der Waals surface area contributed by atoms with Crippen LogP contribution >= 0.6 is 0 Å². The number of pyridine rings is 2. The van der Waals surface area contributed by atoms with E-state index < -0.39 is 17.3 Å². The molecular formula is C22H17FN2O3. The van der Waals surface area contributed by atoms with E-state index in [2.05, 4.69) is 0 Å². The Bertz CT molecular complexity index is 1220. The smallest absolute Gasteiger partial charge is 0.343 e. The summed E-state index contributed by atoms with van der Waals surface area (Å²) in [7, 11) is 1.22. The Balaban J connectivity index is 2.05. The summed E-state index contributed by atoms with van der Waals surface area (Å²) in [6, 6.07) is 10.3. The van der Waals surface area contributed by atoms with E-state index in [4.69, 9.17) is 10.00 Å². The van der Waals surface area contributed by atoms with Crippen LogP contribution in [0.3, 0.4) is 0 Å². The molecular weight excluding hydrogens is 359 g/mol. The number of hydrogen-bond donors (Lipinski definition) is 0. The van der Waals surface area contributed by atoms with E-state index in [0.29, 0.717) is 27.8 Å². The summed E-state index contributed by atoms with van der Waals surface area (Å²) in [5, 5.41) is 8.98. The van der Waals surface area contributed by atoms with Gasteiger partial charge in [-0.1, -0.05) is 12.1 Å². The Morgan fingerprint density at radius 1 is 1.29 bits per heavy atom. The van der Waals surface area contributed by atoms with Gasteiger partial charge >= 0.3 is 5.97 Å². The van der Waals surface area contributed by atoms with Crippen molar-refractivity contribution in [3.8, 4) is 17.2 Å². The van der Waals surface area contributed by atoms with Crippen molar-refractivity contribution in [3.63, 3.8) is 0 Å². The van der Waals surface area contributed by atoms with Crippen LogP contribution in [0.4, 0.5) is 4.39 Å². The normalized spacial score (nSPS) is 13.4. The number of hydrogen-bond acceptors (Lipinski definition) is 4. The first-order valence-electron chi connectivity index (χ1n) is 8.93. The fourth-order valence-electron chi connectivity index (χ4n) is 3.68. The van der Waals surface area contributed by atoms with Crippen LogP contribution in [0.15, 0.2) is 41.3 Å². The minimum Gasteiger partial charge on any atom is -0.465 e. The highest BCUT2D eigenvalue weighted by Gasteiger charge is 2.30. The summed E-state index contributed by atoms with van der Waals surface area (Å²) in [6.07, 6.45) is 3.05. The number of rotatable bonds is 3. The largest absolute Gasteiger partial charge is 0.465 e. The van der Waals surface area contributed by atoms with Gasteiger partial charge in [0.25, 0.3) is 5.56 Å². The van der Waals surface area contributed by atoms with Crippen LogP contribution in [0, 0.1) is 24.1 Å². The number of methoxy groups -OCH3 is 1. The maximum Gasteiger partial charge on any atom is 0.343 e. The molecule has 28 heavy (non-hydrogen) atoms. The van der Waals surface area contributed by atoms with Gasteiger partial charge in [-0.2, -0.15) is 5.26 Å². The van der Waals surface area contributed by atoms with E-state index in [9.17, 15) is 9.59 Å². The van der Waals surface area contributed by atoms with Gasteiger partial charge in [-0.3, -0.25) is 9.20 Å². The van der Waals surface area contributed by atoms with Crippen molar-refractivity contribution in [2.24, 2.45) is 0 Å². The monoisotopic (exact) mass is 376 g/mol. The van der Waals surface area contributed by atoms with E-state index in [0.717, 1.165) is 24.6 Å². The maximum atomic E-state index is 15.1. The molecule has 0 N–H and O–H groups in total. The lowest BCUT2D eigenvalue weighted by atomic mass is 9.95. The summed E-state index contributed by atoms with van der Waals surface area (Å²) in [5.74, 6) is -1.06. The molecule has 0 amide bonds. The number of carbonyl (C=O) groups excluding carboxylic acids is 1. The van der Waals surface area contributed by atoms with E-state index in [1.807, 2.05) is 6.07 Å². The van der Waals surface area contributed by atoms with Gasteiger partial charge in [-0.05, 0) is 60.6 Å². The highest BCUT2D eigenvalue weighted by atomic mass is 19.1. The molecule has 4 rings (SSSR count). The van der Waals surface area contributed by atoms with Crippen LogP contribution in [0.1, 0.15) is 45.8 Å². The molecule has 1 aliphatic rings. The van der Waals surface area contributed by atoms with Crippen LogP contribution < -0.4 is 5.56 Å². The quantitative estimate of drug-likeness (QED) is 0.649. The predicted octanol–water partition coefficient (Wildman–Crippen LogP) is 3.95. The van der Waals surface area contributed by atoms with Gasteiger partial charge < -0.3 is 4.74 Å². The molecule has 0 aliphatic heterocycles. The molecule has 0 unspecified atom stereocenters. The second-order valence-corrected chi connectivity index (χ2v) is 6.97. The minimum atomic E-state index is -0.726. The summed E-state index contributed by atoms with van der Waals surface area (Å²) < 4.78 is 21.0. The van der Waals surface area contributed by atoms with Gasteiger partial charge in [-0.15, -0.1) is 0 Å². The van der Waals surface area contributed by atoms with Gasteiger partial charge in [0.05, 0.1) is 24.3 Å². The molecule has 2 heterocycles. The third-order valence-electron chi connectivity index (χ3n) is 5.20.